The van der Waals surface area contributed by atoms with E-state index < -0.39 is 6.09 Å². The first-order valence-corrected chi connectivity index (χ1v) is 10.0. The number of benzene rings is 2. The number of unbranched alkanes of at least 4 members (excludes halogenated alkanes) is 1. The van der Waals surface area contributed by atoms with Gasteiger partial charge in [0.1, 0.15) is 12.4 Å². The molecule has 0 unspecified atom stereocenters. The van der Waals surface area contributed by atoms with Crippen molar-refractivity contribution >= 4 is 28.6 Å². The van der Waals surface area contributed by atoms with Crippen LogP contribution in [0.15, 0.2) is 54.6 Å². The predicted molar refractivity (Wildman–Crippen MR) is 115 cm³/mol. The zero-order chi connectivity index (χ0) is 20.8. The number of rotatable bonds is 8. The van der Waals surface area contributed by atoms with E-state index in [2.05, 4.69) is 20.8 Å². The van der Waals surface area contributed by atoms with Crippen molar-refractivity contribution in [2.45, 2.75) is 26.4 Å². The number of aromatic nitrogens is 4. The summed E-state index contributed by atoms with van der Waals surface area (Å²) in [6.45, 7) is 3.47. The van der Waals surface area contributed by atoms with Gasteiger partial charge in [0.15, 0.2) is 5.82 Å². The third-order valence-corrected chi connectivity index (χ3v) is 4.77. The molecule has 0 saturated heterocycles. The molecule has 0 radical (unpaired) electrons. The van der Waals surface area contributed by atoms with Gasteiger partial charge in [0, 0.05) is 13.1 Å². The van der Waals surface area contributed by atoms with E-state index in [1.54, 1.807) is 0 Å². The van der Waals surface area contributed by atoms with Crippen molar-refractivity contribution in [3.8, 4) is 0 Å². The van der Waals surface area contributed by atoms with Gasteiger partial charge in [0.2, 0.25) is 5.65 Å². The topological polar surface area (TPSA) is 93.4 Å². The monoisotopic (exact) mass is 404 g/mol. The normalized spacial score (nSPS) is 11.0. The van der Waals surface area contributed by atoms with Crippen LogP contribution in [0.1, 0.15) is 24.2 Å². The van der Waals surface area contributed by atoms with Crippen molar-refractivity contribution in [2.24, 2.45) is 0 Å². The Hall–Kier alpha value is -3.68. The molecule has 8 heteroatoms. The number of carbonyl (C=O) groups excluding carboxylic acids is 1. The van der Waals surface area contributed by atoms with Gasteiger partial charge in [0.05, 0.1) is 11.0 Å². The lowest BCUT2D eigenvalue weighted by Crippen LogP contribution is -2.25. The summed E-state index contributed by atoms with van der Waals surface area (Å²) in [5.74, 6) is 1.54. The lowest BCUT2D eigenvalue weighted by Gasteiger charge is -2.10. The molecule has 4 rings (SSSR count). The van der Waals surface area contributed by atoms with Gasteiger partial charge >= 0.3 is 6.09 Å². The Labute approximate surface area is 174 Å². The van der Waals surface area contributed by atoms with Gasteiger partial charge in [-0.2, -0.15) is 0 Å². The number of para-hydroxylation sites is 2. The lowest BCUT2D eigenvalue weighted by atomic mass is 10.2. The van der Waals surface area contributed by atoms with Crippen molar-refractivity contribution in [3.05, 3.63) is 66.0 Å². The Balaban J connectivity index is 1.24. The quantitative estimate of drug-likeness (QED) is 0.435. The molecule has 154 valence electrons. The average Bonchev–Trinajstić information content (AvgIpc) is 3.17. The number of amides is 1. The average molecular weight is 404 g/mol. The number of ether oxygens (including phenoxy) is 1. The number of aryl methyl sites for hydroxylation is 1. The zero-order valence-corrected chi connectivity index (χ0v) is 16.8. The number of nitrogens with zero attached hydrogens (tertiary/aromatic N) is 4. The summed E-state index contributed by atoms with van der Waals surface area (Å²) in [4.78, 5) is 16.5. The Bertz CT molecular complexity index is 1140. The van der Waals surface area contributed by atoms with Crippen LogP contribution in [0.4, 0.5) is 10.6 Å². The molecule has 2 aromatic heterocycles. The molecule has 0 atom stereocenters. The summed E-state index contributed by atoms with van der Waals surface area (Å²) in [5.41, 5.74) is 3.56. The number of hydrogen-bond donors (Lipinski definition) is 2. The summed E-state index contributed by atoms with van der Waals surface area (Å²) in [6, 6.07) is 17.6. The molecule has 2 N–H and O–H groups in total. The van der Waals surface area contributed by atoms with Gasteiger partial charge in [-0.3, -0.25) is 4.40 Å². The van der Waals surface area contributed by atoms with Crippen LogP contribution in [-0.4, -0.2) is 38.8 Å². The molecular formula is C22H24N6O2. The highest BCUT2D eigenvalue weighted by molar-refractivity contribution is 5.82. The molecule has 0 fully saturated rings. The van der Waals surface area contributed by atoms with Gasteiger partial charge in [-0.25, -0.2) is 9.78 Å². The van der Waals surface area contributed by atoms with Crippen molar-refractivity contribution in [3.63, 3.8) is 0 Å². The van der Waals surface area contributed by atoms with Crippen molar-refractivity contribution in [2.75, 3.05) is 18.4 Å². The van der Waals surface area contributed by atoms with E-state index >= 15 is 0 Å². The first-order valence-electron chi connectivity index (χ1n) is 10.0. The molecular weight excluding hydrogens is 380 g/mol. The molecule has 4 aromatic rings. The first kappa shape index (κ1) is 19.6. The minimum Gasteiger partial charge on any atom is -0.445 e. The second-order valence-electron chi connectivity index (χ2n) is 6.98. The van der Waals surface area contributed by atoms with Gasteiger partial charge in [-0.1, -0.05) is 42.5 Å². The number of carbonyl (C=O) groups is 1. The second-order valence-corrected chi connectivity index (χ2v) is 6.98. The summed E-state index contributed by atoms with van der Waals surface area (Å²) in [6.07, 6.45) is 1.29. The maximum atomic E-state index is 11.8. The SMILES string of the molecule is Cc1nnc2c(NCCCCNC(=O)OCc3ccccc3)nc3ccccc3n12. The van der Waals surface area contributed by atoms with E-state index in [0.717, 1.165) is 35.3 Å². The van der Waals surface area contributed by atoms with Crippen LogP contribution < -0.4 is 10.6 Å². The largest absolute Gasteiger partial charge is 0.445 e. The van der Waals surface area contributed by atoms with Crippen LogP contribution in [0.2, 0.25) is 0 Å². The van der Waals surface area contributed by atoms with Crippen LogP contribution in [0.5, 0.6) is 0 Å². The lowest BCUT2D eigenvalue weighted by molar-refractivity contribution is 0.139. The summed E-state index contributed by atoms with van der Waals surface area (Å²) in [5, 5.41) is 14.6. The van der Waals surface area contributed by atoms with Crippen molar-refractivity contribution < 1.29 is 9.53 Å². The molecule has 2 aromatic carbocycles. The number of fused-ring (bicyclic) bond motifs is 3. The van der Waals surface area contributed by atoms with Crippen molar-refractivity contribution in [1.29, 1.82) is 0 Å². The first-order chi connectivity index (χ1) is 14.7. The van der Waals surface area contributed by atoms with Crippen molar-refractivity contribution in [1.82, 2.24) is 24.9 Å². The number of anilines is 1. The van der Waals surface area contributed by atoms with E-state index in [9.17, 15) is 4.79 Å². The van der Waals surface area contributed by atoms with Crippen LogP contribution in [0.25, 0.3) is 16.7 Å². The number of nitrogens with one attached hydrogen (secondary N) is 2. The molecule has 0 aliphatic rings. The molecule has 0 bridgehead atoms. The standard InChI is InChI=1S/C22H24N6O2/c1-16-26-27-21-20(25-18-11-5-6-12-19(18)28(16)21)23-13-7-8-14-24-22(29)30-15-17-9-3-2-4-10-17/h2-6,9-12H,7-8,13-15H2,1H3,(H,23,25)(H,24,29). The van der Waals surface area contributed by atoms with Gasteiger partial charge in [0.25, 0.3) is 0 Å². The minimum atomic E-state index is -0.399. The zero-order valence-electron chi connectivity index (χ0n) is 16.8. The summed E-state index contributed by atoms with van der Waals surface area (Å²) in [7, 11) is 0. The molecule has 0 saturated carbocycles. The fraction of sp³-hybridized carbons (Fsp3) is 0.273. The van der Waals surface area contributed by atoms with Crippen LogP contribution in [-0.2, 0) is 11.3 Å². The Morgan fingerprint density at radius 2 is 1.77 bits per heavy atom. The Morgan fingerprint density at radius 3 is 2.63 bits per heavy atom. The third kappa shape index (κ3) is 4.48. The van der Waals surface area contributed by atoms with E-state index in [1.165, 1.54) is 0 Å². The molecule has 2 heterocycles. The molecule has 0 aliphatic carbocycles. The Kier molecular flexibility index (Phi) is 6.03. The third-order valence-electron chi connectivity index (χ3n) is 4.77. The van der Waals surface area contributed by atoms with Gasteiger partial charge in [-0.05, 0) is 37.5 Å². The number of alkyl carbamates (subject to hydrolysis) is 1. The number of hydrogen-bond acceptors (Lipinski definition) is 6. The van der Waals surface area contributed by atoms with Crippen LogP contribution in [0.3, 0.4) is 0 Å². The van der Waals surface area contributed by atoms with E-state index in [4.69, 9.17) is 9.72 Å². The van der Waals surface area contributed by atoms with Gasteiger partial charge < -0.3 is 15.4 Å². The molecule has 30 heavy (non-hydrogen) atoms. The molecule has 0 spiro atoms. The van der Waals surface area contributed by atoms with Crippen LogP contribution >= 0.6 is 0 Å². The van der Waals surface area contributed by atoms with Crippen LogP contribution in [0, 0.1) is 6.92 Å². The maximum Gasteiger partial charge on any atom is 0.407 e. The molecule has 1 amide bonds. The smallest absolute Gasteiger partial charge is 0.407 e. The fourth-order valence-corrected chi connectivity index (χ4v) is 3.26. The van der Waals surface area contributed by atoms with Gasteiger partial charge in [-0.15, -0.1) is 10.2 Å². The summed E-state index contributed by atoms with van der Waals surface area (Å²) < 4.78 is 7.21. The highest BCUT2D eigenvalue weighted by Gasteiger charge is 2.12. The Morgan fingerprint density at radius 1 is 1.00 bits per heavy atom. The second kappa shape index (κ2) is 9.21. The molecule has 0 aliphatic heterocycles. The predicted octanol–water partition coefficient (Wildman–Crippen LogP) is 3.70. The summed E-state index contributed by atoms with van der Waals surface area (Å²) >= 11 is 0. The highest BCUT2D eigenvalue weighted by Crippen LogP contribution is 2.21. The van der Waals surface area contributed by atoms with E-state index in [0.29, 0.717) is 24.6 Å². The minimum absolute atomic E-state index is 0.273. The maximum absolute atomic E-state index is 11.8. The van der Waals surface area contributed by atoms with E-state index in [1.807, 2.05) is 65.9 Å². The molecule has 8 nitrogen and oxygen atoms in total. The van der Waals surface area contributed by atoms with E-state index in [-0.39, 0.29) is 6.61 Å². The fourth-order valence-electron chi connectivity index (χ4n) is 3.26. The highest BCUT2D eigenvalue weighted by atomic mass is 16.5.